The summed E-state index contributed by atoms with van der Waals surface area (Å²) in [6, 6.07) is 21.9. The molecule has 0 aliphatic carbocycles. The zero-order chi connectivity index (χ0) is 23.3. The SMILES string of the molecule is CCC1NNc2cc(OCc3ccccc3)c(C(=O)Nc3ccc(N4CCOCC4)cc3)cc21. The second-order valence-corrected chi connectivity index (χ2v) is 8.54. The van der Waals surface area contributed by atoms with Gasteiger partial charge in [0, 0.05) is 30.5 Å². The van der Waals surface area contributed by atoms with Crippen LogP contribution in [0.5, 0.6) is 5.75 Å². The second-order valence-electron chi connectivity index (χ2n) is 8.54. The molecular weight excluding hydrogens is 428 g/mol. The van der Waals surface area contributed by atoms with Gasteiger partial charge in [0.15, 0.2) is 0 Å². The summed E-state index contributed by atoms with van der Waals surface area (Å²) in [6.45, 7) is 5.74. The highest BCUT2D eigenvalue weighted by atomic mass is 16.5. The van der Waals surface area contributed by atoms with Crippen LogP contribution in [0.25, 0.3) is 0 Å². The topological polar surface area (TPSA) is 74.9 Å². The van der Waals surface area contributed by atoms with Crippen LogP contribution in [0.15, 0.2) is 66.7 Å². The number of fused-ring (bicyclic) bond motifs is 1. The number of ether oxygens (including phenoxy) is 2. The number of anilines is 3. The van der Waals surface area contributed by atoms with Crippen molar-refractivity contribution in [1.29, 1.82) is 0 Å². The van der Waals surface area contributed by atoms with E-state index in [-0.39, 0.29) is 11.9 Å². The molecule has 1 unspecified atom stereocenters. The maximum absolute atomic E-state index is 13.4. The standard InChI is InChI=1S/C27H30N4O3/c1-2-24-22-16-23(26(17-25(22)30-29-24)34-18-19-6-4-3-5-7-19)27(32)28-20-8-10-21(11-9-20)31-12-14-33-15-13-31/h3-11,16-17,24,29-30H,2,12-15,18H2,1H3,(H,28,32). The summed E-state index contributed by atoms with van der Waals surface area (Å²) in [6.07, 6.45) is 0.911. The Kier molecular flexibility index (Phi) is 6.65. The molecule has 3 aromatic carbocycles. The van der Waals surface area contributed by atoms with Crippen molar-refractivity contribution in [2.75, 3.05) is 41.9 Å². The van der Waals surface area contributed by atoms with E-state index in [4.69, 9.17) is 9.47 Å². The maximum Gasteiger partial charge on any atom is 0.259 e. The molecule has 1 saturated heterocycles. The minimum atomic E-state index is -0.188. The molecule has 3 N–H and O–H groups in total. The van der Waals surface area contributed by atoms with Crippen molar-refractivity contribution in [3.05, 3.63) is 83.4 Å². The number of carbonyl (C=O) groups is 1. The number of rotatable bonds is 7. The average Bonchev–Trinajstić information content (AvgIpc) is 3.30. The Balaban J connectivity index is 1.36. The molecule has 0 saturated carbocycles. The van der Waals surface area contributed by atoms with Crippen LogP contribution in [0.2, 0.25) is 0 Å². The van der Waals surface area contributed by atoms with E-state index in [1.807, 2.05) is 66.7 Å². The van der Waals surface area contributed by atoms with E-state index in [0.29, 0.717) is 17.9 Å². The second kappa shape index (κ2) is 10.2. The third-order valence-corrected chi connectivity index (χ3v) is 6.30. The smallest absolute Gasteiger partial charge is 0.259 e. The van der Waals surface area contributed by atoms with Crippen LogP contribution in [-0.4, -0.2) is 32.2 Å². The number of hydrazine groups is 1. The Bertz CT molecular complexity index is 1130. The van der Waals surface area contributed by atoms with E-state index in [2.05, 4.69) is 28.0 Å². The molecule has 1 fully saturated rings. The molecule has 2 aliphatic heterocycles. The van der Waals surface area contributed by atoms with Gasteiger partial charge in [-0.1, -0.05) is 37.3 Å². The first-order valence-corrected chi connectivity index (χ1v) is 11.8. The summed E-state index contributed by atoms with van der Waals surface area (Å²) in [5, 5.41) is 3.05. The number of nitrogens with zero attached hydrogens (tertiary/aromatic N) is 1. The lowest BCUT2D eigenvalue weighted by atomic mass is 10.0. The van der Waals surface area contributed by atoms with Crippen LogP contribution in [0, 0.1) is 0 Å². The van der Waals surface area contributed by atoms with Crippen LogP contribution in [-0.2, 0) is 11.3 Å². The molecule has 3 aromatic rings. The molecule has 1 atom stereocenters. The van der Waals surface area contributed by atoms with E-state index in [0.717, 1.165) is 60.9 Å². The molecule has 0 aromatic heterocycles. The van der Waals surface area contributed by atoms with E-state index >= 15 is 0 Å². The lowest BCUT2D eigenvalue weighted by Gasteiger charge is -2.28. The number of hydrogen-bond acceptors (Lipinski definition) is 6. The molecule has 2 heterocycles. The van der Waals surface area contributed by atoms with Gasteiger partial charge in [-0.3, -0.25) is 4.79 Å². The molecule has 0 radical (unpaired) electrons. The van der Waals surface area contributed by atoms with Gasteiger partial charge in [0.1, 0.15) is 12.4 Å². The van der Waals surface area contributed by atoms with Crippen molar-refractivity contribution in [1.82, 2.24) is 5.43 Å². The van der Waals surface area contributed by atoms with Crippen LogP contribution in [0.3, 0.4) is 0 Å². The molecular formula is C27H30N4O3. The fourth-order valence-electron chi connectivity index (χ4n) is 4.37. The number of morpholine rings is 1. The normalized spacial score (nSPS) is 17.1. The van der Waals surface area contributed by atoms with Gasteiger partial charge in [0.25, 0.3) is 5.91 Å². The van der Waals surface area contributed by atoms with E-state index < -0.39 is 0 Å². The molecule has 176 valence electrons. The number of hydrogen-bond donors (Lipinski definition) is 3. The quantitative estimate of drug-likeness (QED) is 0.475. The fourth-order valence-corrected chi connectivity index (χ4v) is 4.37. The highest BCUT2D eigenvalue weighted by molar-refractivity contribution is 6.07. The van der Waals surface area contributed by atoms with E-state index in [1.165, 1.54) is 0 Å². The van der Waals surface area contributed by atoms with Crippen molar-refractivity contribution in [2.24, 2.45) is 0 Å². The highest BCUT2D eigenvalue weighted by Crippen LogP contribution is 2.36. The van der Waals surface area contributed by atoms with Gasteiger partial charge in [0.2, 0.25) is 0 Å². The van der Waals surface area contributed by atoms with Gasteiger partial charge in [-0.2, -0.15) is 0 Å². The maximum atomic E-state index is 13.4. The summed E-state index contributed by atoms with van der Waals surface area (Å²) in [7, 11) is 0. The third kappa shape index (κ3) is 4.85. The van der Waals surface area contributed by atoms with Crippen LogP contribution < -0.4 is 25.8 Å². The number of nitrogens with one attached hydrogen (secondary N) is 3. The van der Waals surface area contributed by atoms with Crippen LogP contribution in [0.4, 0.5) is 17.1 Å². The summed E-state index contributed by atoms with van der Waals surface area (Å²) in [5.41, 5.74) is 12.0. The Hall–Kier alpha value is -3.55. The largest absolute Gasteiger partial charge is 0.488 e. The van der Waals surface area contributed by atoms with Crippen molar-refractivity contribution < 1.29 is 14.3 Å². The van der Waals surface area contributed by atoms with Gasteiger partial charge in [0.05, 0.1) is 30.5 Å². The Morgan fingerprint density at radius 2 is 1.85 bits per heavy atom. The fraction of sp³-hybridized carbons (Fsp3) is 0.296. The number of amides is 1. The molecule has 34 heavy (non-hydrogen) atoms. The molecule has 0 spiro atoms. The monoisotopic (exact) mass is 458 g/mol. The van der Waals surface area contributed by atoms with Gasteiger partial charge in [-0.15, -0.1) is 0 Å². The predicted molar refractivity (Wildman–Crippen MR) is 134 cm³/mol. The lowest BCUT2D eigenvalue weighted by molar-refractivity contribution is 0.102. The van der Waals surface area contributed by atoms with E-state index in [1.54, 1.807) is 0 Å². The van der Waals surface area contributed by atoms with Gasteiger partial charge >= 0.3 is 0 Å². The van der Waals surface area contributed by atoms with Gasteiger partial charge in [-0.05, 0) is 47.9 Å². The lowest BCUT2D eigenvalue weighted by Crippen LogP contribution is -2.36. The minimum absolute atomic E-state index is 0.150. The van der Waals surface area contributed by atoms with Gasteiger partial charge < -0.3 is 25.1 Å². The molecule has 2 aliphatic rings. The summed E-state index contributed by atoms with van der Waals surface area (Å²) >= 11 is 0. The Morgan fingerprint density at radius 3 is 2.59 bits per heavy atom. The molecule has 0 bridgehead atoms. The van der Waals surface area contributed by atoms with Crippen molar-refractivity contribution in [2.45, 2.75) is 26.0 Å². The van der Waals surface area contributed by atoms with Crippen molar-refractivity contribution >= 4 is 23.0 Å². The van der Waals surface area contributed by atoms with Crippen molar-refractivity contribution in [3.8, 4) is 5.75 Å². The third-order valence-electron chi connectivity index (χ3n) is 6.30. The molecule has 7 nitrogen and oxygen atoms in total. The first kappa shape index (κ1) is 22.3. The van der Waals surface area contributed by atoms with E-state index in [9.17, 15) is 4.79 Å². The summed E-state index contributed by atoms with van der Waals surface area (Å²) in [4.78, 5) is 15.7. The van der Waals surface area contributed by atoms with Gasteiger partial charge in [-0.25, -0.2) is 5.43 Å². The molecule has 5 rings (SSSR count). The van der Waals surface area contributed by atoms with Crippen LogP contribution in [0.1, 0.15) is 40.9 Å². The zero-order valence-electron chi connectivity index (χ0n) is 19.3. The summed E-state index contributed by atoms with van der Waals surface area (Å²) in [5.74, 6) is 0.364. The molecule has 1 amide bonds. The Morgan fingerprint density at radius 1 is 1.09 bits per heavy atom. The predicted octanol–water partition coefficient (Wildman–Crippen LogP) is 4.74. The zero-order valence-corrected chi connectivity index (χ0v) is 19.3. The molecule has 7 heteroatoms. The first-order chi connectivity index (χ1) is 16.7. The number of carbonyl (C=O) groups excluding carboxylic acids is 1. The first-order valence-electron chi connectivity index (χ1n) is 11.8. The summed E-state index contributed by atoms with van der Waals surface area (Å²) < 4.78 is 11.6. The van der Waals surface area contributed by atoms with Crippen LogP contribution >= 0.6 is 0 Å². The average molecular weight is 459 g/mol. The van der Waals surface area contributed by atoms with Crippen molar-refractivity contribution in [3.63, 3.8) is 0 Å². The Labute approximate surface area is 200 Å². The highest BCUT2D eigenvalue weighted by Gasteiger charge is 2.25. The minimum Gasteiger partial charge on any atom is -0.488 e. The number of benzene rings is 3.